The van der Waals surface area contributed by atoms with Gasteiger partial charge in [0.1, 0.15) is 0 Å². The number of hydrogen-bond acceptors (Lipinski definition) is 4. The first-order chi connectivity index (χ1) is 12.1. The molecule has 0 aromatic heterocycles. The van der Waals surface area contributed by atoms with Gasteiger partial charge in [0.05, 0.1) is 18.0 Å². The third-order valence-corrected chi connectivity index (χ3v) is 5.88. The fraction of sp³-hybridized carbons (Fsp3) is 0.333. The molecule has 0 atom stereocenters. The fourth-order valence-corrected chi connectivity index (χ4v) is 3.49. The summed E-state index contributed by atoms with van der Waals surface area (Å²) >= 11 is 0. The van der Waals surface area contributed by atoms with Gasteiger partial charge in [-0.25, -0.2) is 8.42 Å². The number of fused-ring (bicyclic) bond motifs is 1. The molecule has 0 saturated carbocycles. The highest BCUT2D eigenvalue weighted by Crippen LogP contribution is 2.21. The molecule has 0 saturated heterocycles. The number of amides is 2. The predicted molar refractivity (Wildman–Crippen MR) is 100 cm³/mol. The molecule has 2 aromatic carbocycles. The fourth-order valence-electron chi connectivity index (χ4n) is 2.34. The first-order valence-electron chi connectivity index (χ1n) is 8.02. The van der Waals surface area contributed by atoms with Crippen LogP contribution in [0.5, 0.6) is 0 Å². The molecule has 0 spiro atoms. The summed E-state index contributed by atoms with van der Waals surface area (Å²) < 4.78 is 26.5. The van der Waals surface area contributed by atoms with Gasteiger partial charge in [-0.2, -0.15) is 4.31 Å². The Morgan fingerprint density at radius 1 is 0.846 bits per heavy atom. The van der Waals surface area contributed by atoms with Crippen LogP contribution in [0.4, 0.5) is 0 Å². The van der Waals surface area contributed by atoms with Crippen LogP contribution in [0.15, 0.2) is 47.4 Å². The monoisotopic (exact) mass is 377 g/mol. The molecule has 2 aromatic rings. The van der Waals surface area contributed by atoms with Gasteiger partial charge in [-0.3, -0.25) is 9.59 Å². The van der Waals surface area contributed by atoms with E-state index < -0.39 is 15.9 Å². The maximum Gasteiger partial charge on any atom is 0.243 e. The Labute approximate surface area is 153 Å². The molecule has 0 aliphatic rings. The van der Waals surface area contributed by atoms with E-state index in [9.17, 15) is 18.0 Å². The Morgan fingerprint density at radius 3 is 2.08 bits per heavy atom. The van der Waals surface area contributed by atoms with E-state index in [1.54, 1.807) is 26.2 Å². The van der Waals surface area contributed by atoms with E-state index in [1.165, 1.54) is 30.0 Å². The number of likely N-dealkylation sites (N-methyl/N-ethyl adjacent to an activating group) is 3. The molecule has 140 valence electrons. The smallest absolute Gasteiger partial charge is 0.243 e. The molecule has 0 N–H and O–H groups in total. The molecule has 0 aliphatic heterocycles. The molecule has 7 nitrogen and oxygen atoms in total. The van der Waals surface area contributed by atoms with E-state index in [4.69, 9.17) is 0 Å². The first kappa shape index (κ1) is 19.9. The van der Waals surface area contributed by atoms with Crippen LogP contribution in [-0.4, -0.2) is 75.6 Å². The number of carbonyl (C=O) groups excluding carboxylic acids is 2. The summed E-state index contributed by atoms with van der Waals surface area (Å²) in [7, 11) is 2.20. The van der Waals surface area contributed by atoms with Crippen LogP contribution in [0, 0.1) is 0 Å². The summed E-state index contributed by atoms with van der Waals surface area (Å²) in [6, 6.07) is 12.3. The van der Waals surface area contributed by atoms with Crippen molar-refractivity contribution in [3.63, 3.8) is 0 Å². The lowest BCUT2D eigenvalue weighted by Crippen LogP contribution is -2.43. The van der Waals surface area contributed by atoms with Gasteiger partial charge in [0.25, 0.3) is 0 Å². The molecule has 0 heterocycles. The maximum atomic E-state index is 12.7. The van der Waals surface area contributed by atoms with E-state index in [-0.39, 0.29) is 23.9 Å². The van der Waals surface area contributed by atoms with Crippen molar-refractivity contribution >= 4 is 32.6 Å². The second-order valence-electron chi connectivity index (χ2n) is 6.31. The summed E-state index contributed by atoms with van der Waals surface area (Å²) in [5, 5.41) is 1.74. The maximum absolute atomic E-state index is 12.7. The van der Waals surface area contributed by atoms with Gasteiger partial charge < -0.3 is 9.80 Å². The van der Waals surface area contributed by atoms with Gasteiger partial charge in [-0.15, -0.1) is 0 Å². The Bertz CT molecular complexity index is 925. The largest absolute Gasteiger partial charge is 0.347 e. The van der Waals surface area contributed by atoms with Gasteiger partial charge in [-0.1, -0.05) is 30.3 Å². The highest BCUT2D eigenvalue weighted by molar-refractivity contribution is 7.89. The standard InChI is InChI=1S/C18H23N3O4S/c1-19(2)17(22)12-20(3)18(23)13-21(4)26(24,25)16-10-9-14-7-5-6-8-15(14)11-16/h5-11H,12-13H2,1-4H3. The van der Waals surface area contributed by atoms with Crippen LogP contribution in [0.1, 0.15) is 0 Å². The van der Waals surface area contributed by atoms with Crippen LogP contribution < -0.4 is 0 Å². The molecule has 0 unspecified atom stereocenters. The van der Waals surface area contributed by atoms with Gasteiger partial charge in [0, 0.05) is 28.2 Å². The van der Waals surface area contributed by atoms with Crippen molar-refractivity contribution in [2.24, 2.45) is 0 Å². The lowest BCUT2D eigenvalue weighted by molar-refractivity contribution is -0.137. The normalized spacial score (nSPS) is 11.6. The van der Waals surface area contributed by atoms with Gasteiger partial charge in [0.15, 0.2) is 0 Å². The first-order valence-corrected chi connectivity index (χ1v) is 9.46. The number of benzene rings is 2. The predicted octanol–water partition coefficient (Wildman–Crippen LogP) is 1.01. The topological polar surface area (TPSA) is 78.0 Å². The summed E-state index contributed by atoms with van der Waals surface area (Å²) in [4.78, 5) is 26.7. The van der Waals surface area contributed by atoms with Crippen molar-refractivity contribution in [1.82, 2.24) is 14.1 Å². The van der Waals surface area contributed by atoms with E-state index >= 15 is 0 Å². The highest BCUT2D eigenvalue weighted by Gasteiger charge is 2.25. The van der Waals surface area contributed by atoms with Crippen molar-refractivity contribution in [2.75, 3.05) is 41.3 Å². The zero-order chi connectivity index (χ0) is 19.5. The van der Waals surface area contributed by atoms with Crippen molar-refractivity contribution in [1.29, 1.82) is 0 Å². The van der Waals surface area contributed by atoms with E-state index in [0.717, 1.165) is 15.1 Å². The lowest BCUT2D eigenvalue weighted by atomic mass is 10.1. The third-order valence-electron chi connectivity index (χ3n) is 4.08. The minimum absolute atomic E-state index is 0.101. The zero-order valence-corrected chi connectivity index (χ0v) is 16.2. The summed E-state index contributed by atoms with van der Waals surface area (Å²) in [6.07, 6.45) is 0. The van der Waals surface area contributed by atoms with Crippen molar-refractivity contribution in [3.8, 4) is 0 Å². The number of hydrogen-bond donors (Lipinski definition) is 0. The van der Waals surface area contributed by atoms with Crippen molar-refractivity contribution < 1.29 is 18.0 Å². The Balaban J connectivity index is 2.14. The third kappa shape index (κ3) is 4.39. The molecule has 8 heteroatoms. The average Bonchev–Trinajstić information content (AvgIpc) is 2.60. The number of rotatable bonds is 6. The van der Waals surface area contributed by atoms with Gasteiger partial charge >= 0.3 is 0 Å². The van der Waals surface area contributed by atoms with Gasteiger partial charge in [-0.05, 0) is 22.9 Å². The zero-order valence-electron chi connectivity index (χ0n) is 15.3. The highest BCUT2D eigenvalue weighted by atomic mass is 32.2. The molecule has 26 heavy (non-hydrogen) atoms. The molecule has 0 fully saturated rings. The number of carbonyl (C=O) groups is 2. The summed E-state index contributed by atoms with van der Waals surface area (Å²) in [5.41, 5.74) is 0. The molecule has 0 bridgehead atoms. The average molecular weight is 377 g/mol. The van der Waals surface area contributed by atoms with Crippen LogP contribution in [-0.2, 0) is 19.6 Å². The quantitative estimate of drug-likeness (QED) is 0.753. The van der Waals surface area contributed by atoms with E-state index in [1.807, 2.05) is 24.3 Å². The van der Waals surface area contributed by atoms with Crippen LogP contribution in [0.3, 0.4) is 0 Å². The van der Waals surface area contributed by atoms with E-state index in [0.29, 0.717) is 0 Å². The molecule has 2 rings (SSSR count). The molecule has 2 amide bonds. The molecule has 0 aliphatic carbocycles. The molecular formula is C18H23N3O4S. The number of sulfonamides is 1. The van der Waals surface area contributed by atoms with Gasteiger partial charge in [0.2, 0.25) is 21.8 Å². The Hall–Kier alpha value is -2.45. The second-order valence-corrected chi connectivity index (χ2v) is 8.35. The molecule has 0 radical (unpaired) electrons. The van der Waals surface area contributed by atoms with Crippen molar-refractivity contribution in [2.45, 2.75) is 4.90 Å². The SMILES string of the molecule is CN(C)C(=O)CN(C)C(=O)CN(C)S(=O)(=O)c1ccc2ccccc2c1. The van der Waals surface area contributed by atoms with Crippen LogP contribution >= 0.6 is 0 Å². The number of nitrogens with zero attached hydrogens (tertiary/aromatic N) is 3. The summed E-state index contributed by atoms with van der Waals surface area (Å²) in [5.74, 6) is -0.687. The summed E-state index contributed by atoms with van der Waals surface area (Å²) in [6.45, 7) is -0.442. The molecular weight excluding hydrogens is 354 g/mol. The Morgan fingerprint density at radius 2 is 1.46 bits per heavy atom. The lowest BCUT2D eigenvalue weighted by Gasteiger charge is -2.22. The minimum Gasteiger partial charge on any atom is -0.347 e. The Kier molecular flexibility index (Phi) is 5.99. The second kappa shape index (κ2) is 7.84. The van der Waals surface area contributed by atoms with Crippen molar-refractivity contribution in [3.05, 3.63) is 42.5 Å². The minimum atomic E-state index is -3.81. The van der Waals surface area contributed by atoms with Crippen LogP contribution in [0.25, 0.3) is 10.8 Å². The van der Waals surface area contributed by atoms with Crippen LogP contribution in [0.2, 0.25) is 0 Å². The van der Waals surface area contributed by atoms with E-state index in [2.05, 4.69) is 0 Å².